The van der Waals surface area contributed by atoms with Crippen molar-refractivity contribution in [2.24, 2.45) is 0 Å². The molecular weight excluding hydrogens is 366 g/mol. The van der Waals surface area contributed by atoms with Gasteiger partial charge in [0, 0.05) is 56.7 Å². The number of carbonyl (C=O) groups excluding carboxylic acids is 1. The highest BCUT2D eigenvalue weighted by Crippen LogP contribution is 2.27. The standard InChI is InChI=1S/C19H26ClN5O2/c1-15-21-5-6-25(15)12-11-23-7-9-24(10-8-23)14-19(26)22-17-13-16(20)3-4-18(17)27-2/h3-6,13H,7-12,14H2,1-2H3,(H,22,26). The zero-order valence-corrected chi connectivity index (χ0v) is 16.6. The van der Waals surface area contributed by atoms with Gasteiger partial charge in [-0.05, 0) is 25.1 Å². The number of nitrogens with one attached hydrogen (secondary N) is 1. The Morgan fingerprint density at radius 1 is 1.22 bits per heavy atom. The van der Waals surface area contributed by atoms with E-state index in [1.807, 2.05) is 19.3 Å². The van der Waals surface area contributed by atoms with Crippen LogP contribution in [0.4, 0.5) is 5.69 Å². The number of aryl methyl sites for hydroxylation is 1. The van der Waals surface area contributed by atoms with Crippen molar-refractivity contribution >= 4 is 23.2 Å². The van der Waals surface area contributed by atoms with Crippen LogP contribution in [0.2, 0.25) is 5.02 Å². The van der Waals surface area contributed by atoms with Crippen LogP contribution in [-0.2, 0) is 11.3 Å². The van der Waals surface area contributed by atoms with E-state index in [-0.39, 0.29) is 5.91 Å². The fourth-order valence-corrected chi connectivity index (χ4v) is 3.40. The van der Waals surface area contributed by atoms with Gasteiger partial charge >= 0.3 is 0 Å². The molecule has 2 aromatic rings. The van der Waals surface area contributed by atoms with Crippen LogP contribution in [0, 0.1) is 6.92 Å². The van der Waals surface area contributed by atoms with Gasteiger partial charge in [0.05, 0.1) is 19.3 Å². The van der Waals surface area contributed by atoms with Crippen LogP contribution < -0.4 is 10.1 Å². The number of nitrogens with zero attached hydrogens (tertiary/aromatic N) is 4. The van der Waals surface area contributed by atoms with E-state index in [1.54, 1.807) is 25.3 Å². The molecule has 0 atom stereocenters. The number of benzene rings is 1. The van der Waals surface area contributed by atoms with E-state index in [0.29, 0.717) is 23.0 Å². The first kappa shape index (κ1) is 19.7. The van der Waals surface area contributed by atoms with Crippen molar-refractivity contribution in [2.75, 3.05) is 51.7 Å². The number of carbonyl (C=O) groups is 1. The highest BCUT2D eigenvalue weighted by molar-refractivity contribution is 6.31. The van der Waals surface area contributed by atoms with Gasteiger partial charge in [0.1, 0.15) is 11.6 Å². The van der Waals surface area contributed by atoms with Crippen LogP contribution in [0.5, 0.6) is 5.75 Å². The number of aromatic nitrogens is 2. The van der Waals surface area contributed by atoms with Gasteiger partial charge in [-0.15, -0.1) is 0 Å². The maximum absolute atomic E-state index is 12.4. The number of hydrogen-bond acceptors (Lipinski definition) is 5. The van der Waals surface area contributed by atoms with Crippen molar-refractivity contribution in [2.45, 2.75) is 13.5 Å². The molecular formula is C19H26ClN5O2. The number of anilines is 1. The summed E-state index contributed by atoms with van der Waals surface area (Å²) >= 11 is 6.01. The summed E-state index contributed by atoms with van der Waals surface area (Å²) < 4.78 is 7.44. The SMILES string of the molecule is COc1ccc(Cl)cc1NC(=O)CN1CCN(CCn2ccnc2C)CC1. The van der Waals surface area contributed by atoms with Gasteiger partial charge in [0.15, 0.2) is 0 Å². The summed E-state index contributed by atoms with van der Waals surface area (Å²) in [5.41, 5.74) is 0.601. The van der Waals surface area contributed by atoms with Crippen molar-refractivity contribution in [1.29, 1.82) is 0 Å². The number of methoxy groups -OCH3 is 1. The van der Waals surface area contributed by atoms with Crippen molar-refractivity contribution in [3.8, 4) is 5.75 Å². The third kappa shape index (κ3) is 5.45. The highest BCUT2D eigenvalue weighted by Gasteiger charge is 2.19. The summed E-state index contributed by atoms with van der Waals surface area (Å²) in [7, 11) is 1.57. The number of amides is 1. The van der Waals surface area contributed by atoms with Crippen molar-refractivity contribution in [3.63, 3.8) is 0 Å². The van der Waals surface area contributed by atoms with Crippen LogP contribution in [0.1, 0.15) is 5.82 Å². The molecule has 1 amide bonds. The number of rotatable bonds is 7. The van der Waals surface area contributed by atoms with E-state index < -0.39 is 0 Å². The predicted molar refractivity (Wildman–Crippen MR) is 106 cm³/mol. The van der Waals surface area contributed by atoms with Crippen molar-refractivity contribution in [1.82, 2.24) is 19.4 Å². The highest BCUT2D eigenvalue weighted by atomic mass is 35.5. The first-order chi connectivity index (χ1) is 13.0. The first-order valence-electron chi connectivity index (χ1n) is 9.11. The summed E-state index contributed by atoms with van der Waals surface area (Å²) in [5.74, 6) is 1.59. The second-order valence-corrected chi connectivity index (χ2v) is 7.11. The monoisotopic (exact) mass is 391 g/mol. The molecule has 0 unspecified atom stereocenters. The average molecular weight is 392 g/mol. The largest absolute Gasteiger partial charge is 0.495 e. The van der Waals surface area contributed by atoms with E-state index >= 15 is 0 Å². The molecule has 0 aliphatic carbocycles. The normalized spacial score (nSPS) is 15.7. The average Bonchev–Trinajstić information content (AvgIpc) is 3.06. The van der Waals surface area contributed by atoms with E-state index in [0.717, 1.165) is 45.1 Å². The molecule has 1 aliphatic rings. The fraction of sp³-hybridized carbons (Fsp3) is 0.474. The molecule has 1 saturated heterocycles. The molecule has 2 heterocycles. The Hall–Kier alpha value is -2.09. The van der Waals surface area contributed by atoms with Gasteiger partial charge in [0.25, 0.3) is 0 Å². The molecule has 27 heavy (non-hydrogen) atoms. The maximum Gasteiger partial charge on any atom is 0.238 e. The summed E-state index contributed by atoms with van der Waals surface area (Å²) in [6.45, 7) is 8.00. The molecule has 1 aliphatic heterocycles. The van der Waals surface area contributed by atoms with E-state index in [1.165, 1.54) is 0 Å². The van der Waals surface area contributed by atoms with E-state index in [9.17, 15) is 4.79 Å². The Bertz CT molecular complexity index is 771. The number of piperazine rings is 1. The van der Waals surface area contributed by atoms with Crippen molar-refractivity contribution in [3.05, 3.63) is 41.4 Å². The summed E-state index contributed by atoms with van der Waals surface area (Å²) in [4.78, 5) is 21.2. The number of halogens is 1. The second-order valence-electron chi connectivity index (χ2n) is 6.68. The van der Waals surface area contributed by atoms with Crippen LogP contribution in [0.3, 0.4) is 0 Å². The zero-order valence-electron chi connectivity index (χ0n) is 15.8. The summed E-state index contributed by atoms with van der Waals surface area (Å²) in [5, 5.41) is 3.46. The quantitative estimate of drug-likeness (QED) is 0.783. The zero-order chi connectivity index (χ0) is 19.2. The Morgan fingerprint density at radius 2 is 1.96 bits per heavy atom. The smallest absolute Gasteiger partial charge is 0.238 e. The molecule has 0 radical (unpaired) electrons. The molecule has 0 spiro atoms. The van der Waals surface area contributed by atoms with Gasteiger partial charge in [0.2, 0.25) is 5.91 Å². The Morgan fingerprint density at radius 3 is 2.63 bits per heavy atom. The van der Waals surface area contributed by atoms with Crippen LogP contribution in [0.25, 0.3) is 0 Å². The lowest BCUT2D eigenvalue weighted by Crippen LogP contribution is -2.49. The molecule has 8 heteroatoms. The first-order valence-corrected chi connectivity index (χ1v) is 9.49. The molecule has 1 N–H and O–H groups in total. The van der Waals surface area contributed by atoms with Gasteiger partial charge in [-0.2, -0.15) is 0 Å². The lowest BCUT2D eigenvalue weighted by atomic mass is 10.2. The van der Waals surface area contributed by atoms with Crippen LogP contribution in [0.15, 0.2) is 30.6 Å². The lowest BCUT2D eigenvalue weighted by molar-refractivity contribution is -0.117. The molecule has 146 valence electrons. The molecule has 7 nitrogen and oxygen atoms in total. The van der Waals surface area contributed by atoms with Crippen LogP contribution >= 0.6 is 11.6 Å². The summed E-state index contributed by atoms with van der Waals surface area (Å²) in [6.07, 6.45) is 3.85. The number of ether oxygens (including phenoxy) is 1. The molecule has 1 fully saturated rings. The third-order valence-electron chi connectivity index (χ3n) is 4.85. The minimum absolute atomic E-state index is 0.0574. The molecule has 1 aromatic heterocycles. The van der Waals surface area contributed by atoms with Crippen LogP contribution in [-0.4, -0.2) is 71.6 Å². The lowest BCUT2D eigenvalue weighted by Gasteiger charge is -2.34. The van der Waals surface area contributed by atoms with Crippen molar-refractivity contribution < 1.29 is 9.53 Å². The number of imidazole rings is 1. The third-order valence-corrected chi connectivity index (χ3v) is 5.08. The molecule has 1 aromatic carbocycles. The van der Waals surface area contributed by atoms with Gasteiger partial charge < -0.3 is 14.6 Å². The topological polar surface area (TPSA) is 62.6 Å². The predicted octanol–water partition coefficient (Wildman–Crippen LogP) is 2.11. The minimum Gasteiger partial charge on any atom is -0.495 e. The van der Waals surface area contributed by atoms with Gasteiger partial charge in [-0.25, -0.2) is 4.98 Å². The fourth-order valence-electron chi connectivity index (χ4n) is 3.23. The second kappa shape index (κ2) is 9.21. The number of hydrogen-bond donors (Lipinski definition) is 1. The molecule has 3 rings (SSSR count). The molecule has 0 saturated carbocycles. The maximum atomic E-state index is 12.4. The molecule has 0 bridgehead atoms. The van der Waals surface area contributed by atoms with Gasteiger partial charge in [-0.1, -0.05) is 11.6 Å². The van der Waals surface area contributed by atoms with Gasteiger partial charge in [-0.3, -0.25) is 14.6 Å². The Labute approximate surface area is 164 Å². The Kier molecular flexibility index (Phi) is 6.71. The summed E-state index contributed by atoms with van der Waals surface area (Å²) in [6, 6.07) is 5.19. The van der Waals surface area contributed by atoms with E-state index in [4.69, 9.17) is 16.3 Å². The van der Waals surface area contributed by atoms with E-state index in [2.05, 4.69) is 24.7 Å². The minimum atomic E-state index is -0.0574. The Balaban J connectivity index is 1.43.